The van der Waals surface area contributed by atoms with Crippen LogP contribution in [-0.4, -0.2) is 22.1 Å². The van der Waals surface area contributed by atoms with Crippen molar-refractivity contribution in [3.8, 4) is 0 Å². The van der Waals surface area contributed by atoms with E-state index in [4.69, 9.17) is 10.9 Å². The van der Waals surface area contributed by atoms with Crippen molar-refractivity contribution in [3.63, 3.8) is 0 Å². The molecule has 0 bridgehead atoms. The zero-order valence-corrected chi connectivity index (χ0v) is 5.74. The lowest BCUT2D eigenvalue weighted by Crippen LogP contribution is -2.46. The van der Waals surface area contributed by atoms with E-state index in [1.165, 1.54) is 0 Å². The number of hydrogen-bond donors (Lipinski definition) is 4. The van der Waals surface area contributed by atoms with Gasteiger partial charge in [-0.2, -0.15) is 0 Å². The third-order valence-electron chi connectivity index (χ3n) is 1.12. The quantitative estimate of drug-likeness (QED) is 0.368. The van der Waals surface area contributed by atoms with E-state index in [9.17, 15) is 4.79 Å². The number of carbonyl (C=O) groups is 1. The van der Waals surface area contributed by atoms with Gasteiger partial charge in [0, 0.05) is 6.42 Å². The fourth-order valence-corrected chi connectivity index (χ4v) is 0.640. The second-order valence-corrected chi connectivity index (χ2v) is 2.03. The maximum atomic E-state index is 10.1. The number of aliphatic carboxylic acids is 1. The van der Waals surface area contributed by atoms with E-state index >= 15 is 0 Å². The van der Waals surface area contributed by atoms with Gasteiger partial charge in [-0.3, -0.25) is 10.2 Å². The molecule has 0 unspecified atom stereocenters. The number of nitrogens with two attached hydrogens (primary N) is 1. The molecule has 0 amide bonds. The van der Waals surface area contributed by atoms with Crippen LogP contribution in [0.1, 0.15) is 12.8 Å². The molecule has 0 aromatic heterocycles. The Morgan fingerprint density at radius 1 is 1.82 bits per heavy atom. The average molecular weight is 159 g/mol. The monoisotopic (exact) mass is 159 g/mol. The van der Waals surface area contributed by atoms with Crippen molar-refractivity contribution in [2.75, 3.05) is 0 Å². The minimum atomic E-state index is -0.857. The van der Waals surface area contributed by atoms with Crippen molar-refractivity contribution in [2.24, 2.45) is 10.9 Å². The summed E-state index contributed by atoms with van der Waals surface area (Å²) in [7, 11) is 0. The van der Waals surface area contributed by atoms with E-state index in [0.29, 0.717) is 12.3 Å². The molecule has 0 aromatic carbocycles. The molecule has 0 fully saturated rings. The highest BCUT2D eigenvalue weighted by molar-refractivity contribution is 5.85. The average Bonchev–Trinajstić information content (AvgIpc) is 2.31. The molecule has 5 N–H and O–H groups in total. The van der Waals surface area contributed by atoms with E-state index in [1.807, 2.05) is 0 Å². The van der Waals surface area contributed by atoms with Gasteiger partial charge in [-0.15, -0.1) is 5.10 Å². The maximum Gasteiger partial charge on any atom is 0.303 e. The molecular formula is C4H9N5O2. The molecule has 1 aliphatic rings. The summed E-state index contributed by atoms with van der Waals surface area (Å²) in [6, 6.07) is 0. The third kappa shape index (κ3) is 2.40. The molecule has 11 heavy (non-hydrogen) atoms. The predicted molar refractivity (Wildman–Crippen MR) is 36.6 cm³/mol. The van der Waals surface area contributed by atoms with E-state index in [1.54, 1.807) is 0 Å². The fourth-order valence-electron chi connectivity index (χ4n) is 0.640. The number of nitrogens with one attached hydrogen (secondary N) is 2. The third-order valence-corrected chi connectivity index (χ3v) is 1.12. The van der Waals surface area contributed by atoms with Crippen LogP contribution in [0.15, 0.2) is 5.10 Å². The first-order chi connectivity index (χ1) is 5.18. The first kappa shape index (κ1) is 7.76. The summed E-state index contributed by atoms with van der Waals surface area (Å²) in [5, 5.41) is 13.0. The number of carboxylic acid groups (broad SMARTS) is 1. The molecule has 7 nitrogen and oxygen atoms in total. The molecule has 1 rings (SSSR count). The molecule has 0 saturated carbocycles. The summed E-state index contributed by atoms with van der Waals surface area (Å²) in [5.74, 6) is 4.85. The zero-order chi connectivity index (χ0) is 8.27. The van der Waals surface area contributed by atoms with Gasteiger partial charge >= 0.3 is 5.97 Å². The molecule has 0 saturated heterocycles. The van der Waals surface area contributed by atoms with Crippen LogP contribution in [0.3, 0.4) is 0 Å². The van der Waals surface area contributed by atoms with Crippen LogP contribution in [0.5, 0.6) is 0 Å². The number of hydrazone groups is 1. The number of amidine groups is 1. The second-order valence-electron chi connectivity index (χ2n) is 2.03. The lowest BCUT2D eigenvalue weighted by Gasteiger charge is -2.06. The Kier molecular flexibility index (Phi) is 2.24. The molecule has 0 radical (unpaired) electrons. The molecule has 7 heteroatoms. The molecule has 0 spiro atoms. The van der Waals surface area contributed by atoms with Crippen molar-refractivity contribution in [2.45, 2.75) is 12.8 Å². The lowest BCUT2D eigenvalue weighted by molar-refractivity contribution is -0.136. The summed E-state index contributed by atoms with van der Waals surface area (Å²) in [6.07, 6.45) is 0.386. The smallest absolute Gasteiger partial charge is 0.303 e. The van der Waals surface area contributed by atoms with Crippen molar-refractivity contribution in [3.05, 3.63) is 0 Å². The summed E-state index contributed by atoms with van der Waals surface area (Å²) in [5.41, 5.74) is 4.98. The van der Waals surface area contributed by atoms with Crippen LogP contribution in [0, 0.1) is 0 Å². The minimum absolute atomic E-state index is 0.0430. The van der Waals surface area contributed by atoms with Gasteiger partial charge in [0.15, 0.2) is 0 Å². The Bertz CT molecular complexity index is 191. The van der Waals surface area contributed by atoms with Crippen LogP contribution < -0.4 is 16.8 Å². The topological polar surface area (TPSA) is 103 Å². The Balaban J connectivity index is 2.23. The number of carboxylic acids is 1. The summed E-state index contributed by atoms with van der Waals surface area (Å²) < 4.78 is 0. The Hall–Kier alpha value is -1.34. The van der Waals surface area contributed by atoms with Gasteiger partial charge in [-0.1, -0.05) is 5.23 Å². The standard InChI is InChI=1S/C4H9N5O2/c5-9-7-3(6-8-9)1-2-4(10)11/h8H,1-2,5H2,(H,6,7)(H,10,11). The Labute approximate surface area is 62.8 Å². The Morgan fingerprint density at radius 3 is 3.00 bits per heavy atom. The van der Waals surface area contributed by atoms with Gasteiger partial charge in [0.25, 0.3) is 0 Å². The normalized spacial score (nSPS) is 17.0. The highest BCUT2D eigenvalue weighted by Gasteiger charge is 2.10. The van der Waals surface area contributed by atoms with Gasteiger partial charge in [0.2, 0.25) is 0 Å². The first-order valence-corrected chi connectivity index (χ1v) is 3.04. The second kappa shape index (κ2) is 3.17. The Morgan fingerprint density at radius 2 is 2.55 bits per heavy atom. The summed E-state index contributed by atoms with van der Waals surface area (Å²) in [4.78, 5) is 10.1. The zero-order valence-electron chi connectivity index (χ0n) is 5.74. The van der Waals surface area contributed by atoms with Gasteiger partial charge in [-0.25, -0.2) is 11.4 Å². The molecule has 1 heterocycles. The van der Waals surface area contributed by atoms with Crippen molar-refractivity contribution >= 4 is 11.8 Å². The van der Waals surface area contributed by atoms with Crippen molar-refractivity contribution < 1.29 is 9.90 Å². The number of hydrazine groups is 3. The summed E-state index contributed by atoms with van der Waals surface area (Å²) in [6.45, 7) is 0. The highest BCUT2D eigenvalue weighted by Crippen LogP contribution is 1.93. The molecular weight excluding hydrogens is 150 g/mol. The van der Waals surface area contributed by atoms with Crippen LogP contribution >= 0.6 is 0 Å². The van der Waals surface area contributed by atoms with Gasteiger partial charge < -0.3 is 5.11 Å². The minimum Gasteiger partial charge on any atom is -0.481 e. The van der Waals surface area contributed by atoms with Crippen LogP contribution in [0.2, 0.25) is 0 Å². The van der Waals surface area contributed by atoms with Crippen LogP contribution in [-0.2, 0) is 4.79 Å². The van der Waals surface area contributed by atoms with Gasteiger partial charge in [0.05, 0.1) is 6.42 Å². The molecule has 0 aromatic rings. The van der Waals surface area contributed by atoms with E-state index in [0.717, 1.165) is 5.23 Å². The SMILES string of the molecule is NN1NN=C(CCC(=O)O)N1. The predicted octanol–water partition coefficient (Wildman–Crippen LogP) is -1.64. The molecule has 0 atom stereocenters. The van der Waals surface area contributed by atoms with Gasteiger partial charge in [-0.05, 0) is 0 Å². The number of rotatable bonds is 3. The molecule has 62 valence electrons. The van der Waals surface area contributed by atoms with Gasteiger partial charge in [0.1, 0.15) is 5.84 Å². The lowest BCUT2D eigenvalue weighted by atomic mass is 10.3. The van der Waals surface area contributed by atoms with Crippen molar-refractivity contribution in [1.82, 2.24) is 16.2 Å². The summed E-state index contributed by atoms with van der Waals surface area (Å²) >= 11 is 0. The number of nitrogens with zero attached hydrogens (tertiary/aromatic N) is 2. The van der Waals surface area contributed by atoms with Crippen molar-refractivity contribution in [1.29, 1.82) is 0 Å². The van der Waals surface area contributed by atoms with E-state index < -0.39 is 5.97 Å². The number of hydrogen-bond acceptors (Lipinski definition) is 6. The van der Waals surface area contributed by atoms with Crippen LogP contribution in [0.4, 0.5) is 0 Å². The van der Waals surface area contributed by atoms with E-state index in [2.05, 4.69) is 16.1 Å². The van der Waals surface area contributed by atoms with Crippen LogP contribution in [0.25, 0.3) is 0 Å². The molecule has 1 aliphatic heterocycles. The fraction of sp³-hybridized carbons (Fsp3) is 0.500. The largest absolute Gasteiger partial charge is 0.481 e. The highest BCUT2D eigenvalue weighted by atomic mass is 16.4. The van der Waals surface area contributed by atoms with E-state index in [-0.39, 0.29) is 6.42 Å². The first-order valence-electron chi connectivity index (χ1n) is 3.04. The molecule has 0 aliphatic carbocycles. The maximum absolute atomic E-state index is 10.1.